The van der Waals surface area contributed by atoms with Crippen molar-refractivity contribution in [2.45, 2.75) is 13.0 Å². The van der Waals surface area contributed by atoms with Crippen LogP contribution in [0.25, 0.3) is 0 Å². The van der Waals surface area contributed by atoms with Crippen molar-refractivity contribution in [1.82, 2.24) is 4.90 Å². The molecule has 0 fully saturated rings. The fourth-order valence-corrected chi connectivity index (χ4v) is 3.18. The quantitative estimate of drug-likeness (QED) is 0.646. The number of ether oxygens (including phenoxy) is 1. The number of hydrogen-bond donors (Lipinski definition) is 0. The van der Waals surface area contributed by atoms with Crippen LogP contribution in [-0.4, -0.2) is 24.5 Å². The lowest BCUT2D eigenvalue weighted by molar-refractivity contribution is 0.0733. The average molecular weight is 341 g/mol. The van der Waals surface area contributed by atoms with Gasteiger partial charge in [-0.1, -0.05) is 12.1 Å². The Labute approximate surface area is 145 Å². The van der Waals surface area contributed by atoms with Crippen LogP contribution in [0.2, 0.25) is 0 Å². The standard InChI is InChI=1S/C19H19NO3S/c1-22-16-6-2-5-15(13-16)19(21)20(14-17-7-3-11-23-17)10-9-18-8-4-12-24-18/h2-8,11-13H,9-10,14H2,1H3. The molecule has 0 saturated carbocycles. The number of methoxy groups -OCH3 is 1. The number of carbonyl (C=O) groups is 1. The number of thiophene rings is 1. The van der Waals surface area contributed by atoms with Gasteiger partial charge < -0.3 is 14.1 Å². The number of carbonyl (C=O) groups excluding carboxylic acids is 1. The molecule has 1 aromatic carbocycles. The van der Waals surface area contributed by atoms with Crippen LogP contribution in [0.3, 0.4) is 0 Å². The van der Waals surface area contributed by atoms with Crippen LogP contribution in [0.15, 0.2) is 64.6 Å². The van der Waals surface area contributed by atoms with Gasteiger partial charge in [0.1, 0.15) is 11.5 Å². The van der Waals surface area contributed by atoms with Crippen molar-refractivity contribution in [2.75, 3.05) is 13.7 Å². The van der Waals surface area contributed by atoms with Crippen molar-refractivity contribution in [3.63, 3.8) is 0 Å². The van der Waals surface area contributed by atoms with E-state index in [2.05, 4.69) is 11.4 Å². The highest BCUT2D eigenvalue weighted by molar-refractivity contribution is 7.09. The molecule has 4 nitrogen and oxygen atoms in total. The van der Waals surface area contributed by atoms with Gasteiger partial charge in [-0.25, -0.2) is 0 Å². The van der Waals surface area contributed by atoms with Crippen molar-refractivity contribution in [2.24, 2.45) is 0 Å². The Bertz CT molecular complexity index is 766. The number of nitrogens with zero attached hydrogens (tertiary/aromatic N) is 1. The van der Waals surface area contributed by atoms with E-state index in [-0.39, 0.29) is 5.91 Å². The first-order valence-electron chi connectivity index (χ1n) is 7.74. The lowest BCUT2D eigenvalue weighted by Crippen LogP contribution is -2.32. The van der Waals surface area contributed by atoms with Gasteiger partial charge in [0.05, 0.1) is 19.9 Å². The second kappa shape index (κ2) is 7.84. The van der Waals surface area contributed by atoms with Gasteiger partial charge in [-0.15, -0.1) is 11.3 Å². The van der Waals surface area contributed by atoms with E-state index < -0.39 is 0 Å². The zero-order valence-corrected chi connectivity index (χ0v) is 14.3. The summed E-state index contributed by atoms with van der Waals surface area (Å²) in [7, 11) is 1.60. The molecule has 0 aliphatic rings. The van der Waals surface area contributed by atoms with E-state index in [0.29, 0.717) is 24.4 Å². The molecule has 0 bridgehead atoms. The lowest BCUT2D eigenvalue weighted by Gasteiger charge is -2.22. The van der Waals surface area contributed by atoms with Crippen molar-refractivity contribution in [3.8, 4) is 5.75 Å². The lowest BCUT2D eigenvalue weighted by atomic mass is 10.1. The number of hydrogen-bond acceptors (Lipinski definition) is 4. The van der Waals surface area contributed by atoms with E-state index in [1.54, 1.807) is 30.8 Å². The zero-order valence-electron chi connectivity index (χ0n) is 13.5. The molecule has 3 rings (SSSR count). The molecule has 1 amide bonds. The topological polar surface area (TPSA) is 42.7 Å². The highest BCUT2D eigenvalue weighted by Crippen LogP contribution is 2.17. The Morgan fingerprint density at radius 1 is 1.21 bits per heavy atom. The normalized spacial score (nSPS) is 10.5. The van der Waals surface area contributed by atoms with Crippen molar-refractivity contribution < 1.29 is 13.9 Å². The van der Waals surface area contributed by atoms with Gasteiger partial charge in [0.25, 0.3) is 5.91 Å². The van der Waals surface area contributed by atoms with Gasteiger partial charge in [0, 0.05) is 17.0 Å². The maximum atomic E-state index is 12.9. The summed E-state index contributed by atoms with van der Waals surface area (Å²) in [6.45, 7) is 1.09. The van der Waals surface area contributed by atoms with E-state index in [9.17, 15) is 4.79 Å². The van der Waals surface area contributed by atoms with Gasteiger partial charge >= 0.3 is 0 Å². The van der Waals surface area contributed by atoms with E-state index in [1.807, 2.05) is 41.3 Å². The summed E-state index contributed by atoms with van der Waals surface area (Å²) in [4.78, 5) is 16.0. The smallest absolute Gasteiger partial charge is 0.254 e. The summed E-state index contributed by atoms with van der Waals surface area (Å²) in [5, 5.41) is 2.05. The number of rotatable bonds is 7. The molecule has 2 aromatic heterocycles. The summed E-state index contributed by atoms with van der Waals surface area (Å²) in [5.74, 6) is 1.43. The first-order valence-corrected chi connectivity index (χ1v) is 8.62. The monoisotopic (exact) mass is 341 g/mol. The van der Waals surface area contributed by atoms with E-state index in [0.717, 1.165) is 12.2 Å². The van der Waals surface area contributed by atoms with Crippen LogP contribution in [0.1, 0.15) is 21.0 Å². The van der Waals surface area contributed by atoms with Gasteiger partial charge in [0.2, 0.25) is 0 Å². The number of benzene rings is 1. The van der Waals surface area contributed by atoms with Gasteiger partial charge in [-0.2, -0.15) is 0 Å². The second-order valence-corrected chi connectivity index (χ2v) is 6.40. The highest BCUT2D eigenvalue weighted by Gasteiger charge is 2.18. The third-order valence-electron chi connectivity index (χ3n) is 3.74. The predicted octanol–water partition coefficient (Wildman–Crippen LogP) is 4.23. The third kappa shape index (κ3) is 4.06. The van der Waals surface area contributed by atoms with Crippen LogP contribution >= 0.6 is 11.3 Å². The second-order valence-electron chi connectivity index (χ2n) is 5.37. The fourth-order valence-electron chi connectivity index (χ4n) is 2.48. The maximum absolute atomic E-state index is 12.9. The largest absolute Gasteiger partial charge is 0.497 e. The van der Waals surface area contributed by atoms with Crippen LogP contribution in [-0.2, 0) is 13.0 Å². The first kappa shape index (κ1) is 16.3. The molecule has 0 saturated heterocycles. The Morgan fingerprint density at radius 3 is 2.83 bits per heavy atom. The molecule has 24 heavy (non-hydrogen) atoms. The van der Waals surface area contributed by atoms with Crippen LogP contribution < -0.4 is 4.74 Å². The molecule has 0 radical (unpaired) electrons. The Hall–Kier alpha value is -2.53. The summed E-state index contributed by atoms with van der Waals surface area (Å²) in [6.07, 6.45) is 2.46. The molecule has 0 aliphatic heterocycles. The SMILES string of the molecule is COc1cccc(C(=O)N(CCc2cccs2)Cc2ccco2)c1. The van der Waals surface area contributed by atoms with Crippen molar-refractivity contribution in [1.29, 1.82) is 0 Å². The van der Waals surface area contributed by atoms with E-state index in [4.69, 9.17) is 9.15 Å². The summed E-state index contributed by atoms with van der Waals surface area (Å²) in [6, 6.07) is 15.1. The molecule has 0 atom stereocenters. The molecule has 0 N–H and O–H groups in total. The molecule has 3 aromatic rings. The predicted molar refractivity (Wildman–Crippen MR) is 94.5 cm³/mol. The van der Waals surface area contributed by atoms with Crippen LogP contribution in [0.5, 0.6) is 5.75 Å². The zero-order chi connectivity index (χ0) is 16.8. The molecule has 0 aliphatic carbocycles. The van der Waals surface area contributed by atoms with Crippen molar-refractivity contribution >= 4 is 17.2 Å². The van der Waals surface area contributed by atoms with Gasteiger partial charge in [0.15, 0.2) is 0 Å². The minimum atomic E-state index is -0.0261. The van der Waals surface area contributed by atoms with E-state index in [1.165, 1.54) is 4.88 Å². The Balaban J connectivity index is 1.77. The Morgan fingerprint density at radius 2 is 2.12 bits per heavy atom. The molecule has 124 valence electrons. The van der Waals surface area contributed by atoms with Gasteiger partial charge in [-0.05, 0) is 48.2 Å². The minimum absolute atomic E-state index is 0.0261. The molecule has 0 unspecified atom stereocenters. The molecular formula is C19H19NO3S. The average Bonchev–Trinajstić information content (AvgIpc) is 3.31. The number of amides is 1. The molecular weight excluding hydrogens is 322 g/mol. The Kier molecular flexibility index (Phi) is 5.33. The highest BCUT2D eigenvalue weighted by atomic mass is 32.1. The van der Waals surface area contributed by atoms with E-state index >= 15 is 0 Å². The molecule has 0 spiro atoms. The summed E-state index contributed by atoms with van der Waals surface area (Å²) < 4.78 is 10.6. The van der Waals surface area contributed by atoms with Crippen LogP contribution in [0.4, 0.5) is 0 Å². The summed E-state index contributed by atoms with van der Waals surface area (Å²) in [5.41, 5.74) is 0.618. The van der Waals surface area contributed by atoms with Crippen LogP contribution in [0, 0.1) is 0 Å². The molecule has 5 heteroatoms. The minimum Gasteiger partial charge on any atom is -0.497 e. The number of furan rings is 1. The summed E-state index contributed by atoms with van der Waals surface area (Å²) >= 11 is 1.71. The van der Waals surface area contributed by atoms with Crippen molar-refractivity contribution in [3.05, 3.63) is 76.4 Å². The van der Waals surface area contributed by atoms with Gasteiger partial charge in [-0.3, -0.25) is 4.79 Å². The first-order chi connectivity index (χ1) is 11.8. The fraction of sp³-hybridized carbons (Fsp3) is 0.211. The molecule has 2 heterocycles. The third-order valence-corrected chi connectivity index (χ3v) is 4.68. The maximum Gasteiger partial charge on any atom is 0.254 e.